The van der Waals surface area contributed by atoms with Crippen molar-refractivity contribution in [3.63, 3.8) is 0 Å². The zero-order valence-corrected chi connectivity index (χ0v) is 12.3. The number of nitrogens with one attached hydrogen (secondary N) is 1. The maximum absolute atomic E-state index is 12.1. The monoisotopic (exact) mass is 285 g/mol. The normalized spacial score (nSPS) is 17.4. The number of fused-ring (bicyclic) bond motifs is 1. The van der Waals surface area contributed by atoms with E-state index >= 15 is 0 Å². The van der Waals surface area contributed by atoms with Gasteiger partial charge >= 0.3 is 0 Å². The highest BCUT2D eigenvalue weighted by Gasteiger charge is 2.30. The van der Waals surface area contributed by atoms with E-state index in [1.54, 1.807) is 6.20 Å². The van der Waals surface area contributed by atoms with Gasteiger partial charge in [0.05, 0.1) is 17.0 Å². The van der Waals surface area contributed by atoms with Crippen LogP contribution in [-0.2, 0) is 6.54 Å². The lowest BCUT2D eigenvalue weighted by molar-refractivity contribution is 0.0938. The zero-order chi connectivity index (χ0) is 15.0. The molecule has 3 heterocycles. The minimum atomic E-state index is -0.00909. The van der Waals surface area contributed by atoms with Crippen LogP contribution in [0.5, 0.6) is 0 Å². The van der Waals surface area contributed by atoms with Gasteiger partial charge in [0.15, 0.2) is 0 Å². The largest absolute Gasteiger partial charge is 0.368 e. The summed E-state index contributed by atoms with van der Waals surface area (Å²) in [4.78, 5) is 20.4. The molecule has 0 saturated carbocycles. The molecule has 0 aliphatic carbocycles. The van der Waals surface area contributed by atoms with E-state index in [0.717, 1.165) is 35.6 Å². The van der Waals surface area contributed by atoms with E-state index in [1.165, 1.54) is 0 Å². The molecule has 3 rings (SSSR count). The van der Waals surface area contributed by atoms with Crippen LogP contribution in [0.15, 0.2) is 18.3 Å². The molecule has 21 heavy (non-hydrogen) atoms. The summed E-state index contributed by atoms with van der Waals surface area (Å²) in [7, 11) is 0. The number of nitrogens with zero attached hydrogens (tertiary/aromatic N) is 3. The Labute approximate surface area is 123 Å². The second-order valence-corrected chi connectivity index (χ2v) is 5.19. The number of nitrogens with two attached hydrogens (primary N) is 1. The van der Waals surface area contributed by atoms with Crippen molar-refractivity contribution in [2.24, 2.45) is 0 Å². The van der Waals surface area contributed by atoms with Gasteiger partial charge in [-0.25, -0.2) is 9.97 Å². The Hall–Kier alpha value is -2.37. The predicted octanol–water partition coefficient (Wildman–Crippen LogP) is 1.78. The highest BCUT2D eigenvalue weighted by Crippen LogP contribution is 2.33. The van der Waals surface area contributed by atoms with Crippen LogP contribution in [0.25, 0.3) is 11.4 Å². The van der Waals surface area contributed by atoms with Crippen molar-refractivity contribution in [2.75, 3.05) is 12.3 Å². The summed E-state index contributed by atoms with van der Waals surface area (Å²) < 4.78 is 2.17. The van der Waals surface area contributed by atoms with Gasteiger partial charge < -0.3 is 15.6 Å². The van der Waals surface area contributed by atoms with Crippen LogP contribution in [-0.4, -0.2) is 27.0 Å². The van der Waals surface area contributed by atoms with Gasteiger partial charge in [0, 0.05) is 30.9 Å². The number of carbonyl (C=O) groups is 1. The third kappa shape index (κ3) is 2.16. The van der Waals surface area contributed by atoms with E-state index in [1.807, 2.05) is 12.1 Å². The minimum Gasteiger partial charge on any atom is -0.368 e. The smallest absolute Gasteiger partial charge is 0.253 e. The van der Waals surface area contributed by atoms with Crippen molar-refractivity contribution in [1.82, 2.24) is 19.9 Å². The average Bonchev–Trinajstić information content (AvgIpc) is 2.88. The van der Waals surface area contributed by atoms with Crippen LogP contribution in [0.2, 0.25) is 0 Å². The van der Waals surface area contributed by atoms with Gasteiger partial charge in [-0.2, -0.15) is 0 Å². The molecule has 0 bridgehead atoms. The summed E-state index contributed by atoms with van der Waals surface area (Å²) >= 11 is 0. The van der Waals surface area contributed by atoms with Gasteiger partial charge in [0.25, 0.3) is 5.91 Å². The molecule has 3 N–H and O–H groups in total. The first-order valence-electron chi connectivity index (χ1n) is 7.26. The summed E-state index contributed by atoms with van der Waals surface area (Å²) in [6.45, 7) is 5.70. The van der Waals surface area contributed by atoms with Gasteiger partial charge in [-0.1, -0.05) is 6.92 Å². The Balaban J connectivity index is 2.21. The Morgan fingerprint density at radius 2 is 2.29 bits per heavy atom. The third-order valence-electron chi connectivity index (χ3n) is 4.02. The highest BCUT2D eigenvalue weighted by atomic mass is 16.1. The molecule has 6 heteroatoms. The lowest BCUT2D eigenvalue weighted by Crippen LogP contribution is -2.35. The van der Waals surface area contributed by atoms with E-state index < -0.39 is 0 Å². The fraction of sp³-hybridized carbons (Fsp3) is 0.400. The van der Waals surface area contributed by atoms with Gasteiger partial charge in [-0.05, 0) is 25.5 Å². The number of hydrogen-bond acceptors (Lipinski definition) is 4. The predicted molar refractivity (Wildman–Crippen MR) is 80.9 cm³/mol. The lowest BCUT2D eigenvalue weighted by atomic mass is 9.95. The second kappa shape index (κ2) is 5.20. The summed E-state index contributed by atoms with van der Waals surface area (Å²) in [6, 6.07) is 3.74. The van der Waals surface area contributed by atoms with Crippen LogP contribution >= 0.6 is 0 Å². The van der Waals surface area contributed by atoms with Gasteiger partial charge in [-0.3, -0.25) is 4.79 Å². The van der Waals surface area contributed by atoms with Crippen molar-refractivity contribution in [2.45, 2.75) is 32.7 Å². The number of rotatable bonds is 3. The quantitative estimate of drug-likeness (QED) is 0.900. The van der Waals surface area contributed by atoms with E-state index in [0.29, 0.717) is 12.5 Å². The SMILES string of the molecule is CCC1CNC(=O)c2cc(-c3ccnc(N)n3)n(CC)c21. The first kappa shape index (κ1) is 13.6. The minimum absolute atomic E-state index is 0.00909. The van der Waals surface area contributed by atoms with E-state index in [9.17, 15) is 4.79 Å². The molecule has 0 spiro atoms. The summed E-state index contributed by atoms with van der Waals surface area (Å²) in [5.41, 5.74) is 9.21. The molecule has 1 aliphatic heterocycles. The van der Waals surface area contributed by atoms with Crippen LogP contribution in [0.3, 0.4) is 0 Å². The maximum Gasteiger partial charge on any atom is 0.253 e. The molecule has 0 aromatic carbocycles. The topological polar surface area (TPSA) is 85.8 Å². The lowest BCUT2D eigenvalue weighted by Gasteiger charge is -2.24. The van der Waals surface area contributed by atoms with Crippen molar-refractivity contribution < 1.29 is 4.79 Å². The highest BCUT2D eigenvalue weighted by molar-refractivity contribution is 5.98. The molecule has 0 radical (unpaired) electrons. The van der Waals surface area contributed by atoms with Crippen molar-refractivity contribution >= 4 is 11.9 Å². The number of nitrogen functional groups attached to an aromatic ring is 1. The summed E-state index contributed by atoms with van der Waals surface area (Å²) in [6.07, 6.45) is 2.63. The number of aromatic nitrogens is 3. The first-order valence-corrected chi connectivity index (χ1v) is 7.26. The van der Waals surface area contributed by atoms with Gasteiger partial charge in [0.2, 0.25) is 5.95 Å². The maximum atomic E-state index is 12.1. The Bertz CT molecular complexity index is 691. The zero-order valence-electron chi connectivity index (χ0n) is 12.3. The fourth-order valence-electron chi connectivity index (χ4n) is 3.00. The van der Waals surface area contributed by atoms with E-state index in [2.05, 4.69) is 33.7 Å². The standard InChI is InChI=1S/C15H19N5O/c1-3-9-8-18-14(21)10-7-12(20(4-2)13(9)10)11-5-6-17-15(16)19-11/h5-7,9H,3-4,8H2,1-2H3,(H,18,21)(H2,16,17,19). The third-order valence-corrected chi connectivity index (χ3v) is 4.02. The molecule has 110 valence electrons. The molecule has 1 atom stereocenters. The molecule has 1 aliphatic rings. The molecule has 0 saturated heterocycles. The Morgan fingerprint density at radius 3 is 2.95 bits per heavy atom. The molecule has 6 nitrogen and oxygen atoms in total. The summed E-state index contributed by atoms with van der Waals surface area (Å²) in [5.74, 6) is 0.571. The van der Waals surface area contributed by atoms with Crippen molar-refractivity contribution in [3.05, 3.63) is 29.6 Å². The van der Waals surface area contributed by atoms with Gasteiger partial charge in [-0.15, -0.1) is 0 Å². The fourth-order valence-corrected chi connectivity index (χ4v) is 3.00. The van der Waals surface area contributed by atoms with Crippen LogP contribution in [0.4, 0.5) is 5.95 Å². The molecular formula is C15H19N5O. The molecule has 2 aromatic heterocycles. The summed E-state index contributed by atoms with van der Waals surface area (Å²) in [5, 5.41) is 2.96. The number of amides is 1. The van der Waals surface area contributed by atoms with Crippen LogP contribution in [0.1, 0.15) is 42.2 Å². The first-order chi connectivity index (χ1) is 10.2. The molecule has 1 amide bonds. The molecule has 2 aromatic rings. The Kier molecular flexibility index (Phi) is 3.37. The van der Waals surface area contributed by atoms with Crippen LogP contribution < -0.4 is 11.1 Å². The average molecular weight is 285 g/mol. The van der Waals surface area contributed by atoms with Crippen molar-refractivity contribution in [3.8, 4) is 11.4 Å². The molecule has 0 fully saturated rings. The Morgan fingerprint density at radius 1 is 1.48 bits per heavy atom. The van der Waals surface area contributed by atoms with Crippen molar-refractivity contribution in [1.29, 1.82) is 0 Å². The van der Waals surface area contributed by atoms with Gasteiger partial charge in [0.1, 0.15) is 0 Å². The van der Waals surface area contributed by atoms with E-state index in [4.69, 9.17) is 5.73 Å². The number of anilines is 1. The van der Waals surface area contributed by atoms with Crippen LogP contribution in [0, 0.1) is 0 Å². The number of hydrogen-bond donors (Lipinski definition) is 2. The molecular weight excluding hydrogens is 266 g/mol. The number of carbonyl (C=O) groups excluding carboxylic acids is 1. The molecule has 1 unspecified atom stereocenters. The van der Waals surface area contributed by atoms with E-state index in [-0.39, 0.29) is 11.9 Å². The second-order valence-electron chi connectivity index (χ2n) is 5.19.